The highest BCUT2D eigenvalue weighted by molar-refractivity contribution is 5.94. The van der Waals surface area contributed by atoms with Crippen LogP contribution < -0.4 is 10.1 Å². The molecule has 2 rings (SSSR count). The molecule has 144 valence electrons. The molecule has 1 saturated heterocycles. The summed E-state index contributed by atoms with van der Waals surface area (Å²) in [7, 11) is 0. The van der Waals surface area contributed by atoms with Crippen molar-refractivity contribution in [3.63, 3.8) is 0 Å². The highest BCUT2D eigenvalue weighted by Gasteiger charge is 2.28. The number of piperidine rings is 1. The summed E-state index contributed by atoms with van der Waals surface area (Å²) < 4.78 is 5.65. The smallest absolute Gasteiger partial charge is 0.260 e. The molecule has 0 radical (unpaired) electrons. The molecule has 1 aromatic carbocycles. The lowest BCUT2D eigenvalue weighted by Crippen LogP contribution is -2.49. The molecule has 2 atom stereocenters. The summed E-state index contributed by atoms with van der Waals surface area (Å²) >= 11 is 0. The van der Waals surface area contributed by atoms with E-state index >= 15 is 0 Å². The molecule has 1 aliphatic heterocycles. The number of hydrogen-bond donors (Lipinski definition) is 1. The van der Waals surface area contributed by atoms with Gasteiger partial charge in [-0.15, -0.1) is 0 Å². The van der Waals surface area contributed by atoms with Gasteiger partial charge in [0.1, 0.15) is 5.75 Å². The van der Waals surface area contributed by atoms with Crippen LogP contribution in [0.25, 0.3) is 0 Å². The fourth-order valence-corrected chi connectivity index (χ4v) is 3.60. The molecule has 1 aliphatic rings. The number of rotatable bonds is 7. The molecule has 0 aromatic heterocycles. The van der Waals surface area contributed by atoms with Crippen molar-refractivity contribution < 1.29 is 14.3 Å². The largest absolute Gasteiger partial charge is 0.484 e. The van der Waals surface area contributed by atoms with Crippen LogP contribution in [0.5, 0.6) is 5.75 Å². The lowest BCUT2D eigenvalue weighted by atomic mass is 9.97. The van der Waals surface area contributed by atoms with Gasteiger partial charge in [-0.05, 0) is 70.2 Å². The van der Waals surface area contributed by atoms with E-state index in [1.54, 1.807) is 24.3 Å². The van der Waals surface area contributed by atoms with E-state index in [9.17, 15) is 9.59 Å². The first kappa shape index (κ1) is 20.3. The Labute approximate surface area is 157 Å². The van der Waals surface area contributed by atoms with Crippen LogP contribution in [0.3, 0.4) is 0 Å². The molecule has 1 fully saturated rings. The summed E-state index contributed by atoms with van der Waals surface area (Å²) in [4.78, 5) is 26.7. The lowest BCUT2D eigenvalue weighted by molar-refractivity contribution is -0.139. The van der Waals surface area contributed by atoms with E-state index in [0.717, 1.165) is 25.7 Å². The Balaban J connectivity index is 1.89. The predicted molar refractivity (Wildman–Crippen MR) is 103 cm³/mol. The number of hydrogen-bond acceptors (Lipinski definition) is 3. The molecule has 0 spiro atoms. The van der Waals surface area contributed by atoms with Crippen molar-refractivity contribution in [3.8, 4) is 5.75 Å². The average Bonchev–Trinajstić information content (AvgIpc) is 2.64. The van der Waals surface area contributed by atoms with Gasteiger partial charge in [0.15, 0.2) is 6.61 Å². The Morgan fingerprint density at radius 3 is 2.23 bits per heavy atom. The first-order valence-corrected chi connectivity index (χ1v) is 9.81. The number of amides is 2. The van der Waals surface area contributed by atoms with E-state index in [1.165, 1.54) is 6.42 Å². The van der Waals surface area contributed by atoms with Crippen molar-refractivity contribution in [2.75, 3.05) is 6.61 Å². The summed E-state index contributed by atoms with van der Waals surface area (Å²) in [6.45, 7) is 8.36. The van der Waals surface area contributed by atoms with Gasteiger partial charge < -0.3 is 15.0 Å². The van der Waals surface area contributed by atoms with Crippen LogP contribution in [-0.4, -0.2) is 41.4 Å². The van der Waals surface area contributed by atoms with Crippen LogP contribution >= 0.6 is 0 Å². The van der Waals surface area contributed by atoms with Gasteiger partial charge in [-0.3, -0.25) is 9.59 Å². The highest BCUT2D eigenvalue weighted by atomic mass is 16.5. The van der Waals surface area contributed by atoms with Crippen LogP contribution in [0, 0.1) is 0 Å². The Kier molecular flexibility index (Phi) is 7.49. The molecule has 0 unspecified atom stereocenters. The van der Waals surface area contributed by atoms with Gasteiger partial charge in [0.05, 0.1) is 0 Å². The molecular weight excluding hydrogens is 328 g/mol. The fourth-order valence-electron chi connectivity index (χ4n) is 3.60. The number of nitrogens with one attached hydrogen (secondary N) is 1. The summed E-state index contributed by atoms with van der Waals surface area (Å²) in [5.41, 5.74) is 0.605. The maximum absolute atomic E-state index is 12.5. The Bertz CT molecular complexity index is 586. The zero-order valence-electron chi connectivity index (χ0n) is 16.5. The van der Waals surface area contributed by atoms with E-state index < -0.39 is 0 Å². The number of ether oxygens (including phenoxy) is 1. The van der Waals surface area contributed by atoms with Crippen molar-refractivity contribution in [1.82, 2.24) is 10.2 Å². The summed E-state index contributed by atoms with van der Waals surface area (Å²) in [5.74, 6) is 0.562. The topological polar surface area (TPSA) is 58.6 Å². The Morgan fingerprint density at radius 1 is 1.12 bits per heavy atom. The maximum atomic E-state index is 12.5. The van der Waals surface area contributed by atoms with Crippen LogP contribution in [0.15, 0.2) is 24.3 Å². The zero-order valence-corrected chi connectivity index (χ0v) is 16.5. The van der Waals surface area contributed by atoms with Crippen molar-refractivity contribution in [3.05, 3.63) is 29.8 Å². The highest BCUT2D eigenvalue weighted by Crippen LogP contribution is 2.23. The molecule has 1 N–H and O–H groups in total. The van der Waals surface area contributed by atoms with E-state index in [-0.39, 0.29) is 36.5 Å². The van der Waals surface area contributed by atoms with Crippen LogP contribution in [0.1, 0.15) is 70.2 Å². The number of nitrogens with zero attached hydrogens (tertiary/aromatic N) is 1. The molecule has 5 heteroatoms. The molecule has 1 heterocycles. The molecule has 2 amide bonds. The molecule has 26 heavy (non-hydrogen) atoms. The van der Waals surface area contributed by atoms with Gasteiger partial charge in [0, 0.05) is 23.7 Å². The minimum absolute atomic E-state index is 0.0280. The van der Waals surface area contributed by atoms with Gasteiger partial charge in [-0.2, -0.15) is 0 Å². The zero-order chi connectivity index (χ0) is 19.1. The van der Waals surface area contributed by atoms with E-state index in [2.05, 4.69) is 33.0 Å². The van der Waals surface area contributed by atoms with Crippen molar-refractivity contribution in [2.45, 2.75) is 77.9 Å². The van der Waals surface area contributed by atoms with Crippen LogP contribution in [0.4, 0.5) is 0 Å². The standard InChI is InChI=1S/C21H32N2O3/c1-5-18(6-2)22-21(25)17-10-12-19(13-11-17)26-14-20(24)23-15(3)8-7-9-16(23)4/h10-13,15-16,18H,5-9,14H2,1-4H3,(H,22,25)/t15-,16-/m1/s1. The quantitative estimate of drug-likeness (QED) is 0.805. The van der Waals surface area contributed by atoms with Crippen molar-refractivity contribution in [1.29, 1.82) is 0 Å². The van der Waals surface area contributed by atoms with Crippen molar-refractivity contribution in [2.24, 2.45) is 0 Å². The third-order valence-corrected chi connectivity index (χ3v) is 5.28. The summed E-state index contributed by atoms with van der Waals surface area (Å²) in [5, 5.41) is 3.01. The number of benzene rings is 1. The molecule has 0 aliphatic carbocycles. The first-order valence-electron chi connectivity index (χ1n) is 9.81. The lowest BCUT2D eigenvalue weighted by Gasteiger charge is -2.38. The van der Waals surface area contributed by atoms with Gasteiger partial charge >= 0.3 is 0 Å². The minimum Gasteiger partial charge on any atom is -0.484 e. The van der Waals surface area contributed by atoms with Gasteiger partial charge in [-0.25, -0.2) is 0 Å². The fraction of sp³-hybridized carbons (Fsp3) is 0.619. The van der Waals surface area contributed by atoms with Gasteiger partial charge in [0.2, 0.25) is 0 Å². The van der Waals surface area contributed by atoms with E-state index in [1.807, 2.05) is 4.90 Å². The van der Waals surface area contributed by atoms with Gasteiger partial charge in [-0.1, -0.05) is 13.8 Å². The van der Waals surface area contributed by atoms with Gasteiger partial charge in [0.25, 0.3) is 11.8 Å². The monoisotopic (exact) mass is 360 g/mol. The van der Waals surface area contributed by atoms with E-state index in [0.29, 0.717) is 11.3 Å². The third-order valence-electron chi connectivity index (χ3n) is 5.28. The number of carbonyl (C=O) groups is 2. The second-order valence-corrected chi connectivity index (χ2v) is 7.23. The van der Waals surface area contributed by atoms with E-state index in [4.69, 9.17) is 4.74 Å². The molecule has 0 bridgehead atoms. The van der Waals surface area contributed by atoms with Crippen LogP contribution in [0.2, 0.25) is 0 Å². The molecule has 5 nitrogen and oxygen atoms in total. The molecule has 1 aromatic rings. The third kappa shape index (κ3) is 5.23. The minimum atomic E-state index is -0.0720. The SMILES string of the molecule is CCC(CC)NC(=O)c1ccc(OCC(=O)N2[C@H](C)CCC[C@H]2C)cc1. The second-order valence-electron chi connectivity index (χ2n) is 7.23. The second kappa shape index (κ2) is 9.60. The Hall–Kier alpha value is -2.04. The van der Waals surface area contributed by atoms with Crippen molar-refractivity contribution >= 4 is 11.8 Å². The summed E-state index contributed by atoms with van der Waals surface area (Å²) in [6.07, 6.45) is 5.11. The maximum Gasteiger partial charge on any atom is 0.260 e. The first-order chi connectivity index (χ1) is 12.5. The summed E-state index contributed by atoms with van der Waals surface area (Å²) in [6, 6.07) is 7.71. The molecule has 0 saturated carbocycles. The van der Waals surface area contributed by atoms with Crippen LogP contribution in [-0.2, 0) is 4.79 Å². The normalized spacial score (nSPS) is 20.1. The molecular formula is C21H32N2O3. The predicted octanol–water partition coefficient (Wildman–Crippen LogP) is 3.77. The number of likely N-dealkylation sites (tertiary alicyclic amines) is 1. The average molecular weight is 360 g/mol. The Morgan fingerprint density at radius 2 is 1.69 bits per heavy atom. The number of carbonyl (C=O) groups excluding carboxylic acids is 2.